The molecule has 0 radical (unpaired) electrons. The number of pyridine rings is 1. The van der Waals surface area contributed by atoms with Crippen LogP contribution in [0.2, 0.25) is 0 Å². The second kappa shape index (κ2) is 7.75. The van der Waals surface area contributed by atoms with Gasteiger partial charge in [-0.2, -0.15) is 0 Å². The molecule has 1 amide bonds. The summed E-state index contributed by atoms with van der Waals surface area (Å²) >= 11 is 0. The Kier molecular flexibility index (Phi) is 5.45. The van der Waals surface area contributed by atoms with Crippen molar-refractivity contribution in [2.45, 2.75) is 44.8 Å². The van der Waals surface area contributed by atoms with Crippen LogP contribution in [0.4, 0.5) is 0 Å². The van der Waals surface area contributed by atoms with Gasteiger partial charge in [-0.15, -0.1) is 0 Å². The van der Waals surface area contributed by atoms with Gasteiger partial charge >= 0.3 is 5.97 Å². The van der Waals surface area contributed by atoms with E-state index in [-0.39, 0.29) is 23.8 Å². The first-order chi connectivity index (χ1) is 11.6. The standard InChI is InChI=1S/C18H24N2O4/c21-17(14-3-4-15(10-14)18(22)23)20-8-5-16(6-9-20)24-12-13-2-1-7-19-11-13/h1-2,7,11,14-16H,3-6,8-10,12H2,(H,22,23)/t14-,15+/m0/s1. The third-order valence-electron chi connectivity index (χ3n) is 5.09. The normalized spacial score (nSPS) is 24.9. The predicted molar refractivity (Wildman–Crippen MR) is 87.1 cm³/mol. The van der Waals surface area contributed by atoms with Gasteiger partial charge in [0.05, 0.1) is 18.6 Å². The zero-order chi connectivity index (χ0) is 16.9. The number of carbonyl (C=O) groups is 2. The Morgan fingerprint density at radius 1 is 1.21 bits per heavy atom. The van der Waals surface area contributed by atoms with Crippen LogP contribution in [-0.4, -0.2) is 46.1 Å². The Morgan fingerprint density at radius 2 is 1.96 bits per heavy atom. The molecule has 1 aliphatic heterocycles. The van der Waals surface area contributed by atoms with Crippen molar-refractivity contribution >= 4 is 11.9 Å². The second-order valence-electron chi connectivity index (χ2n) is 6.74. The van der Waals surface area contributed by atoms with E-state index >= 15 is 0 Å². The van der Waals surface area contributed by atoms with E-state index in [0.29, 0.717) is 39.0 Å². The number of aromatic nitrogens is 1. The molecule has 1 aromatic heterocycles. The average Bonchev–Trinajstić information content (AvgIpc) is 3.11. The lowest BCUT2D eigenvalue weighted by atomic mass is 10.0. The van der Waals surface area contributed by atoms with Gasteiger partial charge < -0.3 is 14.7 Å². The van der Waals surface area contributed by atoms with Gasteiger partial charge in [-0.05, 0) is 43.7 Å². The van der Waals surface area contributed by atoms with Crippen molar-refractivity contribution in [1.82, 2.24) is 9.88 Å². The maximum Gasteiger partial charge on any atom is 0.306 e. The highest BCUT2D eigenvalue weighted by molar-refractivity contribution is 5.81. The summed E-state index contributed by atoms with van der Waals surface area (Å²) in [6.07, 6.45) is 7.20. The summed E-state index contributed by atoms with van der Waals surface area (Å²) < 4.78 is 5.92. The molecule has 1 aromatic rings. The van der Waals surface area contributed by atoms with Gasteiger partial charge in [-0.25, -0.2) is 0 Å². The summed E-state index contributed by atoms with van der Waals surface area (Å²) in [6.45, 7) is 1.95. The highest BCUT2D eigenvalue weighted by atomic mass is 16.5. The van der Waals surface area contributed by atoms with Crippen LogP contribution in [0.5, 0.6) is 0 Å². The summed E-state index contributed by atoms with van der Waals surface area (Å²) in [5.74, 6) is -1.10. The number of hydrogen-bond donors (Lipinski definition) is 1. The summed E-state index contributed by atoms with van der Waals surface area (Å²) in [5.41, 5.74) is 1.06. The van der Waals surface area contributed by atoms with Crippen LogP contribution in [0.3, 0.4) is 0 Å². The lowest BCUT2D eigenvalue weighted by molar-refractivity contribution is -0.142. The molecule has 3 rings (SSSR count). The Labute approximate surface area is 141 Å². The number of amides is 1. The number of carboxylic acid groups (broad SMARTS) is 1. The molecule has 2 aliphatic rings. The number of piperidine rings is 1. The maximum atomic E-state index is 12.5. The molecule has 24 heavy (non-hydrogen) atoms. The number of ether oxygens (including phenoxy) is 1. The Hall–Kier alpha value is -1.95. The number of carbonyl (C=O) groups excluding carboxylic acids is 1. The number of nitrogens with zero attached hydrogens (tertiary/aromatic N) is 2. The van der Waals surface area contributed by atoms with E-state index in [4.69, 9.17) is 9.84 Å². The second-order valence-corrected chi connectivity index (χ2v) is 6.74. The lowest BCUT2D eigenvalue weighted by Crippen LogP contribution is -2.43. The molecule has 0 bridgehead atoms. The molecular weight excluding hydrogens is 308 g/mol. The van der Waals surface area contributed by atoms with Gasteiger partial charge in [0.25, 0.3) is 0 Å². The van der Waals surface area contributed by atoms with Gasteiger partial charge in [0.1, 0.15) is 0 Å². The van der Waals surface area contributed by atoms with Gasteiger partial charge in [0, 0.05) is 31.4 Å². The number of carboxylic acids is 1. The largest absolute Gasteiger partial charge is 0.481 e. The molecule has 6 nitrogen and oxygen atoms in total. The number of likely N-dealkylation sites (tertiary alicyclic amines) is 1. The molecule has 2 heterocycles. The van der Waals surface area contributed by atoms with E-state index in [1.54, 1.807) is 12.4 Å². The van der Waals surface area contributed by atoms with Crippen LogP contribution in [0.25, 0.3) is 0 Å². The molecule has 0 spiro atoms. The molecule has 2 fully saturated rings. The minimum Gasteiger partial charge on any atom is -0.481 e. The van der Waals surface area contributed by atoms with Crippen LogP contribution in [0.15, 0.2) is 24.5 Å². The number of rotatable bonds is 5. The average molecular weight is 332 g/mol. The Morgan fingerprint density at radius 3 is 2.58 bits per heavy atom. The third-order valence-corrected chi connectivity index (χ3v) is 5.09. The van der Waals surface area contributed by atoms with Crippen molar-refractivity contribution in [2.75, 3.05) is 13.1 Å². The van der Waals surface area contributed by atoms with Crippen LogP contribution in [0.1, 0.15) is 37.7 Å². The van der Waals surface area contributed by atoms with Gasteiger partial charge in [-0.3, -0.25) is 14.6 Å². The maximum absolute atomic E-state index is 12.5. The number of aliphatic carboxylic acids is 1. The van der Waals surface area contributed by atoms with Crippen LogP contribution in [-0.2, 0) is 20.9 Å². The van der Waals surface area contributed by atoms with E-state index in [0.717, 1.165) is 18.4 Å². The van der Waals surface area contributed by atoms with Gasteiger partial charge in [-0.1, -0.05) is 6.07 Å². The molecule has 1 N–H and O–H groups in total. The summed E-state index contributed by atoms with van der Waals surface area (Å²) in [7, 11) is 0. The van der Waals surface area contributed by atoms with E-state index < -0.39 is 5.97 Å². The minimum absolute atomic E-state index is 0.112. The fourth-order valence-electron chi connectivity index (χ4n) is 3.63. The quantitative estimate of drug-likeness (QED) is 0.893. The SMILES string of the molecule is O=C(O)[C@@H]1CC[C@H](C(=O)N2CCC(OCc3cccnc3)CC2)C1. The van der Waals surface area contributed by atoms with Crippen molar-refractivity contribution in [2.24, 2.45) is 11.8 Å². The van der Waals surface area contributed by atoms with Crippen molar-refractivity contribution in [1.29, 1.82) is 0 Å². The lowest BCUT2D eigenvalue weighted by Gasteiger charge is -2.33. The van der Waals surface area contributed by atoms with Crippen molar-refractivity contribution in [3.8, 4) is 0 Å². The van der Waals surface area contributed by atoms with Crippen molar-refractivity contribution in [3.05, 3.63) is 30.1 Å². The third kappa shape index (κ3) is 4.12. The van der Waals surface area contributed by atoms with Crippen molar-refractivity contribution < 1.29 is 19.4 Å². The van der Waals surface area contributed by atoms with E-state index in [1.807, 2.05) is 17.0 Å². The van der Waals surface area contributed by atoms with E-state index in [9.17, 15) is 9.59 Å². The Balaban J connectivity index is 1.42. The first kappa shape index (κ1) is 16.9. The summed E-state index contributed by atoms with van der Waals surface area (Å²) in [4.78, 5) is 29.5. The zero-order valence-corrected chi connectivity index (χ0v) is 13.8. The molecule has 1 saturated carbocycles. The van der Waals surface area contributed by atoms with Crippen LogP contribution >= 0.6 is 0 Å². The summed E-state index contributed by atoms with van der Waals surface area (Å²) in [5, 5.41) is 9.07. The fourth-order valence-corrected chi connectivity index (χ4v) is 3.63. The van der Waals surface area contributed by atoms with E-state index in [1.165, 1.54) is 0 Å². The molecule has 6 heteroatoms. The molecule has 0 unspecified atom stereocenters. The summed E-state index contributed by atoms with van der Waals surface area (Å²) in [6, 6.07) is 3.89. The van der Waals surface area contributed by atoms with Gasteiger partial charge in [0.2, 0.25) is 5.91 Å². The minimum atomic E-state index is -0.771. The highest BCUT2D eigenvalue weighted by Gasteiger charge is 2.36. The first-order valence-electron chi connectivity index (χ1n) is 8.65. The molecule has 2 atom stereocenters. The van der Waals surface area contributed by atoms with Crippen LogP contribution in [0, 0.1) is 11.8 Å². The zero-order valence-electron chi connectivity index (χ0n) is 13.8. The number of hydrogen-bond acceptors (Lipinski definition) is 4. The van der Waals surface area contributed by atoms with Crippen molar-refractivity contribution in [3.63, 3.8) is 0 Å². The smallest absolute Gasteiger partial charge is 0.306 e. The van der Waals surface area contributed by atoms with Gasteiger partial charge in [0.15, 0.2) is 0 Å². The molecule has 1 aliphatic carbocycles. The highest BCUT2D eigenvalue weighted by Crippen LogP contribution is 2.33. The van der Waals surface area contributed by atoms with E-state index in [2.05, 4.69) is 4.98 Å². The Bertz CT molecular complexity index is 570. The monoisotopic (exact) mass is 332 g/mol. The fraction of sp³-hybridized carbons (Fsp3) is 0.611. The molecule has 130 valence electrons. The predicted octanol–water partition coefficient (Wildman–Crippen LogP) is 2.09. The molecule has 0 aromatic carbocycles. The molecular formula is C18H24N2O4. The first-order valence-corrected chi connectivity index (χ1v) is 8.65. The topological polar surface area (TPSA) is 79.7 Å². The van der Waals surface area contributed by atoms with Crippen LogP contribution < -0.4 is 0 Å². The molecule has 1 saturated heterocycles.